The van der Waals surface area contributed by atoms with Gasteiger partial charge in [-0.2, -0.15) is 4.31 Å². The lowest BCUT2D eigenvalue weighted by Gasteiger charge is -2.26. The number of carbonyl (C=O) groups excluding carboxylic acids is 3. The van der Waals surface area contributed by atoms with E-state index in [-0.39, 0.29) is 35.2 Å². The Morgan fingerprint density at radius 1 is 1.18 bits per heavy atom. The van der Waals surface area contributed by atoms with E-state index < -0.39 is 21.8 Å². The number of halogens is 1. The Balaban J connectivity index is 2.03. The molecule has 0 aromatic heterocycles. The maximum absolute atomic E-state index is 12.7. The molecule has 1 aromatic carbocycles. The van der Waals surface area contributed by atoms with Crippen LogP contribution in [-0.4, -0.2) is 70.3 Å². The van der Waals surface area contributed by atoms with Crippen molar-refractivity contribution in [1.82, 2.24) is 14.9 Å². The molecule has 154 valence electrons. The van der Waals surface area contributed by atoms with Gasteiger partial charge in [-0.05, 0) is 24.6 Å². The summed E-state index contributed by atoms with van der Waals surface area (Å²) in [5.74, 6) is -1.88. The fourth-order valence-electron chi connectivity index (χ4n) is 2.41. The average molecular weight is 433 g/mol. The van der Waals surface area contributed by atoms with Crippen LogP contribution in [0.4, 0.5) is 5.69 Å². The normalized spacial score (nSPS) is 14.9. The van der Waals surface area contributed by atoms with E-state index in [1.165, 1.54) is 22.5 Å². The maximum atomic E-state index is 12.7. The molecule has 0 radical (unpaired) electrons. The van der Waals surface area contributed by atoms with Gasteiger partial charge in [-0.3, -0.25) is 14.4 Å². The Kier molecular flexibility index (Phi) is 8.18. The van der Waals surface area contributed by atoms with Gasteiger partial charge in [0.05, 0.1) is 28.8 Å². The number of benzene rings is 1. The van der Waals surface area contributed by atoms with Crippen LogP contribution in [0.25, 0.3) is 0 Å². The number of hydrogen-bond acceptors (Lipinski definition) is 6. The molecule has 1 aliphatic rings. The molecule has 1 aromatic rings. The lowest BCUT2D eigenvalue weighted by Crippen LogP contribution is -2.40. The fourth-order valence-corrected chi connectivity index (χ4v) is 4.01. The van der Waals surface area contributed by atoms with Gasteiger partial charge >= 0.3 is 11.8 Å². The van der Waals surface area contributed by atoms with Crippen molar-refractivity contribution in [2.75, 3.05) is 44.7 Å². The Labute approximate surface area is 167 Å². The first kappa shape index (κ1) is 22.1. The lowest BCUT2D eigenvalue weighted by molar-refractivity contribution is -0.136. The number of rotatable bonds is 8. The van der Waals surface area contributed by atoms with Crippen molar-refractivity contribution in [3.8, 4) is 0 Å². The van der Waals surface area contributed by atoms with Crippen LogP contribution in [-0.2, 0) is 29.1 Å². The summed E-state index contributed by atoms with van der Waals surface area (Å²) in [5, 5.41) is 7.22. The van der Waals surface area contributed by atoms with Gasteiger partial charge in [0, 0.05) is 26.2 Å². The van der Waals surface area contributed by atoms with Crippen molar-refractivity contribution in [2.45, 2.75) is 11.3 Å². The predicted octanol–water partition coefficient (Wildman–Crippen LogP) is -0.448. The van der Waals surface area contributed by atoms with Gasteiger partial charge in [0.1, 0.15) is 0 Å². The second kappa shape index (κ2) is 10.4. The summed E-state index contributed by atoms with van der Waals surface area (Å²) in [4.78, 5) is 33.9. The zero-order valence-corrected chi connectivity index (χ0v) is 16.5. The van der Waals surface area contributed by atoms with Crippen LogP contribution >= 0.6 is 11.6 Å². The minimum absolute atomic E-state index is 0.0128. The summed E-state index contributed by atoms with van der Waals surface area (Å²) < 4.78 is 31.8. The molecule has 1 aliphatic heterocycles. The summed E-state index contributed by atoms with van der Waals surface area (Å²) in [6.07, 6.45) is 0.986. The van der Waals surface area contributed by atoms with E-state index in [2.05, 4.69) is 16.0 Å². The standard InChI is InChI=1S/C16H21ClN4O6S/c17-13-3-2-12(28(25,26)21-6-8-27-9-7-21)10-14(13)20-16(24)15(23)19-5-1-4-18-11-22/h2-3,10-11H,1,4-9H2,(H,18,22)(H,19,23)(H,20,24). The van der Waals surface area contributed by atoms with Crippen molar-refractivity contribution < 1.29 is 27.5 Å². The molecule has 28 heavy (non-hydrogen) atoms. The lowest BCUT2D eigenvalue weighted by atomic mass is 10.3. The van der Waals surface area contributed by atoms with Gasteiger partial charge in [-0.25, -0.2) is 8.42 Å². The number of nitrogens with one attached hydrogen (secondary N) is 3. The van der Waals surface area contributed by atoms with Crippen molar-refractivity contribution in [3.05, 3.63) is 23.2 Å². The predicted molar refractivity (Wildman–Crippen MR) is 101 cm³/mol. The van der Waals surface area contributed by atoms with E-state index in [1.807, 2.05) is 0 Å². The fraction of sp³-hybridized carbons (Fsp3) is 0.438. The van der Waals surface area contributed by atoms with Crippen molar-refractivity contribution in [3.63, 3.8) is 0 Å². The molecule has 0 atom stereocenters. The first-order valence-electron chi connectivity index (χ1n) is 8.50. The zero-order chi connectivity index (χ0) is 20.6. The van der Waals surface area contributed by atoms with Gasteiger partial charge in [0.15, 0.2) is 0 Å². The van der Waals surface area contributed by atoms with Crippen molar-refractivity contribution >= 4 is 45.5 Å². The number of amides is 3. The highest BCUT2D eigenvalue weighted by atomic mass is 35.5. The Bertz CT molecular complexity index is 826. The second-order valence-electron chi connectivity index (χ2n) is 5.79. The van der Waals surface area contributed by atoms with Crippen LogP contribution in [0.5, 0.6) is 0 Å². The Morgan fingerprint density at radius 3 is 2.57 bits per heavy atom. The summed E-state index contributed by atoms with van der Waals surface area (Å²) in [6, 6.07) is 3.89. The molecule has 1 fully saturated rings. The smallest absolute Gasteiger partial charge is 0.313 e. The van der Waals surface area contributed by atoms with E-state index in [0.29, 0.717) is 32.6 Å². The first-order valence-corrected chi connectivity index (χ1v) is 10.3. The first-order chi connectivity index (χ1) is 13.4. The number of hydrogen-bond donors (Lipinski definition) is 3. The molecule has 1 heterocycles. The molecule has 10 nitrogen and oxygen atoms in total. The SMILES string of the molecule is O=CNCCCNC(=O)C(=O)Nc1cc(S(=O)(=O)N2CCOCC2)ccc1Cl. The van der Waals surface area contributed by atoms with Crippen LogP contribution < -0.4 is 16.0 Å². The monoisotopic (exact) mass is 432 g/mol. The number of sulfonamides is 1. The summed E-state index contributed by atoms with van der Waals surface area (Å²) >= 11 is 6.03. The number of nitrogens with zero attached hydrogens (tertiary/aromatic N) is 1. The Hall–Kier alpha value is -2.21. The molecular weight excluding hydrogens is 412 g/mol. The van der Waals surface area contributed by atoms with Crippen LogP contribution in [0, 0.1) is 0 Å². The van der Waals surface area contributed by atoms with E-state index in [9.17, 15) is 22.8 Å². The Morgan fingerprint density at radius 2 is 1.89 bits per heavy atom. The van der Waals surface area contributed by atoms with Crippen LogP contribution in [0.3, 0.4) is 0 Å². The van der Waals surface area contributed by atoms with Crippen LogP contribution in [0.2, 0.25) is 5.02 Å². The van der Waals surface area contributed by atoms with E-state index in [1.54, 1.807) is 0 Å². The number of anilines is 1. The number of carbonyl (C=O) groups is 3. The third kappa shape index (κ3) is 5.89. The molecular formula is C16H21ClN4O6S. The van der Waals surface area contributed by atoms with Crippen LogP contribution in [0.15, 0.2) is 23.1 Å². The molecule has 0 unspecified atom stereocenters. The third-order valence-corrected chi connectivity index (χ3v) is 6.09. The van der Waals surface area contributed by atoms with Gasteiger partial charge < -0.3 is 20.7 Å². The topological polar surface area (TPSA) is 134 Å². The van der Waals surface area contributed by atoms with Gasteiger partial charge in [0.25, 0.3) is 0 Å². The van der Waals surface area contributed by atoms with Gasteiger partial charge in [-0.1, -0.05) is 11.6 Å². The quantitative estimate of drug-likeness (QED) is 0.289. The number of morpholine rings is 1. The van der Waals surface area contributed by atoms with Crippen molar-refractivity contribution in [2.24, 2.45) is 0 Å². The highest BCUT2D eigenvalue weighted by molar-refractivity contribution is 7.89. The third-order valence-electron chi connectivity index (χ3n) is 3.87. The molecule has 3 N–H and O–H groups in total. The summed E-state index contributed by atoms with van der Waals surface area (Å²) in [5.41, 5.74) is 0.0128. The van der Waals surface area contributed by atoms with Gasteiger partial charge in [-0.15, -0.1) is 0 Å². The molecule has 12 heteroatoms. The average Bonchev–Trinajstić information content (AvgIpc) is 2.69. The van der Waals surface area contributed by atoms with E-state index in [0.717, 1.165) is 0 Å². The summed E-state index contributed by atoms with van der Waals surface area (Å²) in [7, 11) is -3.77. The molecule has 3 amide bonds. The van der Waals surface area contributed by atoms with Crippen LogP contribution in [0.1, 0.15) is 6.42 Å². The zero-order valence-electron chi connectivity index (χ0n) is 14.9. The minimum atomic E-state index is -3.77. The largest absolute Gasteiger partial charge is 0.379 e. The van der Waals surface area contributed by atoms with E-state index >= 15 is 0 Å². The maximum Gasteiger partial charge on any atom is 0.313 e. The second-order valence-corrected chi connectivity index (χ2v) is 8.14. The molecule has 0 aliphatic carbocycles. The van der Waals surface area contributed by atoms with E-state index in [4.69, 9.17) is 16.3 Å². The number of ether oxygens (including phenoxy) is 1. The minimum Gasteiger partial charge on any atom is -0.379 e. The molecule has 0 bridgehead atoms. The molecule has 2 rings (SSSR count). The summed E-state index contributed by atoms with van der Waals surface area (Å²) in [6.45, 7) is 1.62. The molecule has 1 saturated heterocycles. The molecule has 0 spiro atoms. The van der Waals surface area contributed by atoms with Gasteiger partial charge in [0.2, 0.25) is 16.4 Å². The highest BCUT2D eigenvalue weighted by Crippen LogP contribution is 2.27. The molecule has 0 saturated carbocycles. The highest BCUT2D eigenvalue weighted by Gasteiger charge is 2.27. The van der Waals surface area contributed by atoms with Crippen molar-refractivity contribution in [1.29, 1.82) is 0 Å².